The summed E-state index contributed by atoms with van der Waals surface area (Å²) in [4.78, 5) is 13.2. The maximum absolute atomic E-state index is 12.1. The number of nitrogens with one attached hydrogen (secondary N) is 2. The van der Waals surface area contributed by atoms with Crippen LogP contribution in [-0.2, 0) is 4.79 Å². The highest BCUT2D eigenvalue weighted by atomic mass is 35.5. The van der Waals surface area contributed by atoms with Gasteiger partial charge in [0, 0.05) is 10.8 Å². The quantitative estimate of drug-likeness (QED) is 0.836. The number of thioether (sulfide) groups is 1. The van der Waals surface area contributed by atoms with Gasteiger partial charge < -0.3 is 10.6 Å². The molecule has 3 nitrogen and oxygen atoms in total. The number of rotatable bonds is 4. The van der Waals surface area contributed by atoms with Gasteiger partial charge in [0.25, 0.3) is 0 Å². The molecule has 1 amide bonds. The number of hydrogen-bond acceptors (Lipinski definition) is 3. The normalized spacial score (nSPS) is 16.3. The third-order valence-electron chi connectivity index (χ3n) is 3.30. The van der Waals surface area contributed by atoms with Crippen LogP contribution in [0.1, 0.15) is 6.92 Å². The van der Waals surface area contributed by atoms with Gasteiger partial charge in [-0.25, -0.2) is 0 Å². The Morgan fingerprint density at radius 1 is 1.44 bits per heavy atom. The van der Waals surface area contributed by atoms with Crippen molar-refractivity contribution in [1.29, 1.82) is 0 Å². The molecular weight excluding hydrogens is 268 g/mol. The summed E-state index contributed by atoms with van der Waals surface area (Å²) in [5.74, 6) is 0.681. The Morgan fingerprint density at radius 2 is 2.11 bits per heavy atom. The first-order valence-electron chi connectivity index (χ1n) is 5.87. The third-order valence-corrected chi connectivity index (χ3v) is 4.09. The van der Waals surface area contributed by atoms with Crippen LogP contribution in [0.2, 0.25) is 0 Å². The monoisotopic (exact) mass is 286 g/mol. The van der Waals surface area contributed by atoms with Gasteiger partial charge in [0.05, 0.1) is 5.69 Å². The number of anilines is 1. The van der Waals surface area contributed by atoms with Crippen molar-refractivity contribution in [2.75, 3.05) is 24.7 Å². The third kappa shape index (κ3) is 3.40. The van der Waals surface area contributed by atoms with Gasteiger partial charge >= 0.3 is 0 Å². The number of carbonyl (C=O) groups is 1. The lowest BCUT2D eigenvalue weighted by molar-refractivity contribution is -0.121. The lowest BCUT2D eigenvalue weighted by atomic mass is 9.88. The van der Waals surface area contributed by atoms with Crippen LogP contribution in [0.5, 0.6) is 0 Å². The van der Waals surface area contributed by atoms with Crippen LogP contribution >= 0.6 is 24.2 Å². The first kappa shape index (κ1) is 15.3. The summed E-state index contributed by atoms with van der Waals surface area (Å²) in [6, 6.07) is 7.91. The molecule has 1 aliphatic heterocycles. The van der Waals surface area contributed by atoms with E-state index in [0.29, 0.717) is 5.92 Å². The minimum absolute atomic E-state index is 0. The van der Waals surface area contributed by atoms with Gasteiger partial charge in [-0.3, -0.25) is 4.79 Å². The molecule has 1 heterocycles. The molecule has 1 fully saturated rings. The minimum atomic E-state index is 0. The highest BCUT2D eigenvalue weighted by molar-refractivity contribution is 7.98. The summed E-state index contributed by atoms with van der Waals surface area (Å²) in [5, 5.41) is 6.22. The zero-order chi connectivity index (χ0) is 12.3. The topological polar surface area (TPSA) is 41.1 Å². The first-order valence-corrected chi connectivity index (χ1v) is 7.09. The molecule has 0 radical (unpaired) electrons. The number of halogens is 1. The van der Waals surface area contributed by atoms with E-state index in [1.807, 2.05) is 37.4 Å². The predicted octanol–water partition coefficient (Wildman–Crippen LogP) is 2.62. The van der Waals surface area contributed by atoms with Crippen molar-refractivity contribution in [2.24, 2.45) is 11.8 Å². The number of hydrogen-bond donors (Lipinski definition) is 2. The van der Waals surface area contributed by atoms with Crippen LogP contribution < -0.4 is 10.6 Å². The molecule has 100 valence electrons. The van der Waals surface area contributed by atoms with E-state index in [2.05, 4.69) is 10.6 Å². The van der Waals surface area contributed by atoms with Crippen molar-refractivity contribution in [2.45, 2.75) is 11.8 Å². The Labute approximate surface area is 119 Å². The summed E-state index contributed by atoms with van der Waals surface area (Å²) in [7, 11) is 0. The van der Waals surface area contributed by atoms with Crippen LogP contribution in [0.3, 0.4) is 0 Å². The Balaban J connectivity index is 0.00000162. The summed E-state index contributed by atoms with van der Waals surface area (Å²) in [5.41, 5.74) is 0.920. The predicted molar refractivity (Wildman–Crippen MR) is 79.6 cm³/mol. The van der Waals surface area contributed by atoms with Gasteiger partial charge in [-0.05, 0) is 37.4 Å². The van der Waals surface area contributed by atoms with Gasteiger partial charge in [-0.2, -0.15) is 0 Å². The molecule has 1 saturated heterocycles. The molecule has 0 saturated carbocycles. The number of benzene rings is 1. The lowest BCUT2D eigenvalue weighted by Gasteiger charge is -2.31. The molecule has 1 aliphatic rings. The summed E-state index contributed by atoms with van der Waals surface area (Å²) in [6.45, 7) is 3.92. The van der Waals surface area contributed by atoms with Crippen LogP contribution in [0.4, 0.5) is 5.69 Å². The van der Waals surface area contributed by atoms with E-state index in [9.17, 15) is 4.79 Å². The highest BCUT2D eigenvalue weighted by Gasteiger charge is 2.28. The summed E-state index contributed by atoms with van der Waals surface area (Å²) >= 11 is 1.65. The van der Waals surface area contributed by atoms with E-state index < -0.39 is 0 Å². The number of carbonyl (C=O) groups excluding carboxylic acids is 1. The molecule has 0 aliphatic carbocycles. The second kappa shape index (κ2) is 7.02. The average Bonchev–Trinajstić information content (AvgIpc) is 2.27. The van der Waals surface area contributed by atoms with Crippen molar-refractivity contribution < 1.29 is 4.79 Å². The van der Waals surface area contributed by atoms with Crippen molar-refractivity contribution in [3.63, 3.8) is 0 Å². The lowest BCUT2D eigenvalue weighted by Crippen LogP contribution is -2.48. The maximum Gasteiger partial charge on any atom is 0.227 e. The van der Waals surface area contributed by atoms with Crippen molar-refractivity contribution in [3.8, 4) is 0 Å². The number of amides is 1. The summed E-state index contributed by atoms with van der Waals surface area (Å²) < 4.78 is 0. The molecule has 1 unspecified atom stereocenters. The number of para-hydroxylation sites is 1. The molecule has 1 aromatic rings. The van der Waals surface area contributed by atoms with Crippen molar-refractivity contribution >= 4 is 35.8 Å². The average molecular weight is 287 g/mol. The molecule has 0 aromatic heterocycles. The molecule has 2 N–H and O–H groups in total. The van der Waals surface area contributed by atoms with E-state index in [0.717, 1.165) is 23.7 Å². The summed E-state index contributed by atoms with van der Waals surface area (Å²) in [6.07, 6.45) is 2.02. The SMILES string of the molecule is CSc1ccccc1NC(=O)C(C)C1CNC1.Cl. The maximum atomic E-state index is 12.1. The molecule has 0 bridgehead atoms. The largest absolute Gasteiger partial charge is 0.325 e. The van der Waals surface area contributed by atoms with E-state index in [1.54, 1.807) is 11.8 Å². The Bertz CT molecular complexity index is 410. The molecule has 1 atom stereocenters. The van der Waals surface area contributed by atoms with E-state index in [1.165, 1.54) is 0 Å². The molecule has 18 heavy (non-hydrogen) atoms. The van der Waals surface area contributed by atoms with E-state index in [4.69, 9.17) is 0 Å². The van der Waals surface area contributed by atoms with Crippen molar-refractivity contribution in [3.05, 3.63) is 24.3 Å². The zero-order valence-corrected chi connectivity index (χ0v) is 12.2. The zero-order valence-electron chi connectivity index (χ0n) is 10.6. The van der Waals surface area contributed by atoms with Crippen LogP contribution in [0, 0.1) is 11.8 Å². The molecule has 2 rings (SSSR count). The smallest absolute Gasteiger partial charge is 0.227 e. The van der Waals surface area contributed by atoms with Crippen molar-refractivity contribution in [1.82, 2.24) is 5.32 Å². The molecule has 0 spiro atoms. The van der Waals surface area contributed by atoms with E-state index in [-0.39, 0.29) is 24.2 Å². The minimum Gasteiger partial charge on any atom is -0.325 e. The second-order valence-corrected chi connectivity index (χ2v) is 5.24. The van der Waals surface area contributed by atoms with E-state index >= 15 is 0 Å². The van der Waals surface area contributed by atoms with Crippen LogP contribution in [0.25, 0.3) is 0 Å². The molecular formula is C13H19ClN2OS. The standard InChI is InChI=1S/C13H18N2OS.ClH/c1-9(10-7-14-8-10)13(16)15-11-5-3-4-6-12(11)17-2;/h3-6,9-10,14H,7-8H2,1-2H3,(H,15,16);1H. The molecule has 5 heteroatoms. The highest BCUT2D eigenvalue weighted by Crippen LogP contribution is 2.26. The molecule has 1 aromatic carbocycles. The second-order valence-electron chi connectivity index (χ2n) is 4.40. The fraction of sp³-hybridized carbons (Fsp3) is 0.462. The Hall–Kier alpha value is -0.710. The van der Waals surface area contributed by atoms with Gasteiger partial charge in [-0.15, -0.1) is 24.2 Å². The fourth-order valence-electron chi connectivity index (χ4n) is 1.87. The first-order chi connectivity index (χ1) is 8.22. The Morgan fingerprint density at radius 3 is 2.67 bits per heavy atom. The Kier molecular flexibility index (Phi) is 5.99. The van der Waals surface area contributed by atoms with Gasteiger partial charge in [0.2, 0.25) is 5.91 Å². The fourth-order valence-corrected chi connectivity index (χ4v) is 2.43. The van der Waals surface area contributed by atoms with Crippen LogP contribution in [0.15, 0.2) is 29.2 Å². The van der Waals surface area contributed by atoms with Gasteiger partial charge in [-0.1, -0.05) is 19.1 Å². The van der Waals surface area contributed by atoms with Gasteiger partial charge in [0.1, 0.15) is 0 Å². The van der Waals surface area contributed by atoms with Crippen LogP contribution in [-0.4, -0.2) is 25.3 Å². The van der Waals surface area contributed by atoms with Gasteiger partial charge in [0.15, 0.2) is 0 Å².